The van der Waals surface area contributed by atoms with Gasteiger partial charge in [0, 0.05) is 5.92 Å². The summed E-state index contributed by atoms with van der Waals surface area (Å²) in [5.74, 6) is -1.35. The molecule has 2 saturated carbocycles. The van der Waals surface area contributed by atoms with Gasteiger partial charge in [0.05, 0.1) is 11.3 Å². The second-order valence-corrected chi connectivity index (χ2v) is 7.22. The van der Waals surface area contributed by atoms with Crippen LogP contribution < -0.4 is 0 Å². The molecule has 1 saturated heterocycles. The first-order valence-corrected chi connectivity index (χ1v) is 7.44. The molecule has 110 valence electrons. The highest BCUT2D eigenvalue weighted by Gasteiger charge is 2.66. The molecule has 3 aliphatic rings. The number of carboxylic acid groups (broad SMARTS) is 1. The maximum atomic E-state index is 12.1. The predicted octanol–water partition coefficient (Wildman–Crippen LogP) is 2.98. The summed E-state index contributed by atoms with van der Waals surface area (Å²) in [6.45, 7) is 7.78. The van der Waals surface area contributed by atoms with Crippen LogP contribution in [0.2, 0.25) is 0 Å². The average molecular weight is 278 g/mol. The molecule has 0 bridgehead atoms. The highest BCUT2D eigenvalue weighted by atomic mass is 16.5. The summed E-state index contributed by atoms with van der Waals surface area (Å²) in [5, 5.41) is 9.89. The number of hydrogen-bond donors (Lipinski definition) is 1. The van der Waals surface area contributed by atoms with Gasteiger partial charge in [-0.1, -0.05) is 26.3 Å². The predicted molar refractivity (Wildman–Crippen MR) is 72.6 cm³/mol. The van der Waals surface area contributed by atoms with Crippen molar-refractivity contribution in [3.63, 3.8) is 0 Å². The van der Waals surface area contributed by atoms with E-state index in [4.69, 9.17) is 4.74 Å². The zero-order valence-electron chi connectivity index (χ0n) is 12.1. The van der Waals surface area contributed by atoms with Gasteiger partial charge < -0.3 is 9.84 Å². The van der Waals surface area contributed by atoms with E-state index in [2.05, 4.69) is 13.5 Å². The number of carboxylic acids is 1. The second-order valence-electron chi connectivity index (χ2n) is 7.22. The third-order valence-electron chi connectivity index (χ3n) is 6.13. The molecule has 4 nitrogen and oxygen atoms in total. The molecule has 2 aliphatic carbocycles. The Morgan fingerprint density at radius 3 is 2.75 bits per heavy atom. The fraction of sp³-hybridized carbons (Fsp3) is 0.750. The number of ether oxygens (including phenoxy) is 1. The summed E-state index contributed by atoms with van der Waals surface area (Å²) in [4.78, 5) is 24.1. The zero-order valence-corrected chi connectivity index (χ0v) is 12.1. The van der Waals surface area contributed by atoms with Crippen LogP contribution >= 0.6 is 0 Å². The second kappa shape index (κ2) is 4.09. The Morgan fingerprint density at radius 1 is 1.40 bits per heavy atom. The maximum Gasteiger partial charge on any atom is 0.314 e. The van der Waals surface area contributed by atoms with Crippen molar-refractivity contribution in [1.82, 2.24) is 0 Å². The number of allylic oxidation sites excluding steroid dienone is 1. The van der Waals surface area contributed by atoms with Crippen molar-refractivity contribution >= 4 is 11.9 Å². The number of rotatable bonds is 1. The van der Waals surface area contributed by atoms with Crippen molar-refractivity contribution in [2.75, 3.05) is 0 Å². The van der Waals surface area contributed by atoms with Gasteiger partial charge in [0.2, 0.25) is 0 Å². The number of aliphatic carboxylic acids is 1. The van der Waals surface area contributed by atoms with Gasteiger partial charge in [-0.3, -0.25) is 9.59 Å². The normalized spacial score (nSPS) is 47.4. The number of hydrogen-bond acceptors (Lipinski definition) is 3. The lowest BCUT2D eigenvalue weighted by Crippen LogP contribution is -2.57. The van der Waals surface area contributed by atoms with Crippen LogP contribution in [0.25, 0.3) is 0 Å². The molecule has 0 aromatic heterocycles. The third kappa shape index (κ3) is 1.54. The van der Waals surface area contributed by atoms with Gasteiger partial charge in [0.15, 0.2) is 0 Å². The van der Waals surface area contributed by atoms with Crippen LogP contribution in [-0.2, 0) is 14.3 Å². The molecular weight excluding hydrogens is 256 g/mol. The quantitative estimate of drug-likeness (QED) is 0.749. The Bertz CT molecular complexity index is 497. The van der Waals surface area contributed by atoms with Crippen molar-refractivity contribution in [2.24, 2.45) is 28.6 Å². The lowest BCUT2D eigenvalue weighted by molar-refractivity contribution is -0.173. The maximum absolute atomic E-state index is 12.1. The zero-order chi connectivity index (χ0) is 14.7. The average Bonchev–Trinajstić information content (AvgIpc) is 2.64. The van der Waals surface area contributed by atoms with E-state index in [0.717, 1.165) is 32.1 Å². The molecule has 4 heteroatoms. The molecule has 0 unspecified atom stereocenters. The van der Waals surface area contributed by atoms with E-state index in [-0.39, 0.29) is 29.1 Å². The van der Waals surface area contributed by atoms with E-state index in [1.165, 1.54) is 0 Å². The number of carbonyl (C=O) groups is 2. The SMILES string of the molecule is C=C1OC(=O)[C@@H]2C[C@]3(C)CCCC[C@H]3[C@](C)(C(=O)O)[C@H]12. The highest BCUT2D eigenvalue weighted by molar-refractivity contribution is 5.83. The van der Waals surface area contributed by atoms with Crippen LogP contribution in [0.15, 0.2) is 12.3 Å². The van der Waals surface area contributed by atoms with E-state index in [1.807, 2.05) is 0 Å². The van der Waals surface area contributed by atoms with Crippen LogP contribution in [0.4, 0.5) is 0 Å². The fourth-order valence-electron chi connectivity index (χ4n) is 5.25. The number of fused-ring (bicyclic) bond motifs is 2. The van der Waals surface area contributed by atoms with Crippen LogP contribution in [0, 0.1) is 28.6 Å². The number of carbonyl (C=O) groups excluding carboxylic acids is 1. The lowest BCUT2D eigenvalue weighted by atomic mass is 9.45. The standard InChI is InChI=1S/C16H22O4/c1-9-12-10(13(17)20-9)8-15(2)7-5-4-6-11(15)16(12,3)14(18)19/h10-12H,1,4-8H2,2-3H3,(H,18,19)/t10-,11-,12-,15+,16+/m1/s1. The van der Waals surface area contributed by atoms with Crippen molar-refractivity contribution in [2.45, 2.75) is 46.0 Å². The Labute approximate surface area is 119 Å². The van der Waals surface area contributed by atoms with Crippen molar-refractivity contribution in [3.8, 4) is 0 Å². The smallest absolute Gasteiger partial charge is 0.314 e. The van der Waals surface area contributed by atoms with E-state index < -0.39 is 11.4 Å². The molecule has 3 rings (SSSR count). The van der Waals surface area contributed by atoms with Crippen LogP contribution in [-0.4, -0.2) is 17.0 Å². The molecule has 5 atom stereocenters. The van der Waals surface area contributed by atoms with Gasteiger partial charge in [-0.25, -0.2) is 0 Å². The highest BCUT2D eigenvalue weighted by Crippen LogP contribution is 2.64. The third-order valence-corrected chi connectivity index (χ3v) is 6.13. The molecule has 0 radical (unpaired) electrons. The van der Waals surface area contributed by atoms with Gasteiger partial charge in [-0.2, -0.15) is 0 Å². The largest absolute Gasteiger partial charge is 0.481 e. The Balaban J connectivity index is 2.13. The first kappa shape index (κ1) is 13.7. The monoisotopic (exact) mass is 278 g/mol. The fourth-order valence-corrected chi connectivity index (χ4v) is 5.25. The van der Waals surface area contributed by atoms with Gasteiger partial charge in [-0.15, -0.1) is 0 Å². The van der Waals surface area contributed by atoms with E-state index in [9.17, 15) is 14.7 Å². The molecule has 0 aromatic carbocycles. The van der Waals surface area contributed by atoms with E-state index in [1.54, 1.807) is 6.92 Å². The molecule has 0 aromatic rings. The topological polar surface area (TPSA) is 63.6 Å². The summed E-state index contributed by atoms with van der Waals surface area (Å²) in [7, 11) is 0. The summed E-state index contributed by atoms with van der Waals surface area (Å²) in [5.41, 5.74) is -1.02. The molecular formula is C16H22O4. The molecule has 1 heterocycles. The van der Waals surface area contributed by atoms with Gasteiger partial charge >= 0.3 is 11.9 Å². The van der Waals surface area contributed by atoms with Crippen molar-refractivity contribution < 1.29 is 19.4 Å². The molecule has 1 N–H and O–H groups in total. The minimum atomic E-state index is -0.943. The first-order valence-electron chi connectivity index (χ1n) is 7.44. The minimum Gasteiger partial charge on any atom is -0.481 e. The van der Waals surface area contributed by atoms with Gasteiger partial charge in [0.1, 0.15) is 5.76 Å². The summed E-state index contributed by atoms with van der Waals surface area (Å²) in [6, 6.07) is 0. The van der Waals surface area contributed by atoms with Crippen molar-refractivity contribution in [3.05, 3.63) is 12.3 Å². The van der Waals surface area contributed by atoms with E-state index in [0.29, 0.717) is 5.76 Å². The summed E-state index contributed by atoms with van der Waals surface area (Å²) >= 11 is 0. The number of esters is 1. The Morgan fingerprint density at radius 2 is 2.10 bits per heavy atom. The van der Waals surface area contributed by atoms with Crippen LogP contribution in [0.3, 0.4) is 0 Å². The molecule has 1 aliphatic heterocycles. The molecule has 0 amide bonds. The Kier molecular flexibility index (Phi) is 2.79. The summed E-state index contributed by atoms with van der Waals surface area (Å²) < 4.78 is 5.21. The number of cyclic esters (lactones) is 1. The first-order chi connectivity index (χ1) is 9.30. The van der Waals surface area contributed by atoms with Crippen LogP contribution in [0.1, 0.15) is 46.0 Å². The van der Waals surface area contributed by atoms with Crippen LogP contribution in [0.5, 0.6) is 0 Å². The minimum absolute atomic E-state index is 0.0732. The van der Waals surface area contributed by atoms with Gasteiger partial charge in [-0.05, 0) is 37.5 Å². The molecule has 3 fully saturated rings. The van der Waals surface area contributed by atoms with Gasteiger partial charge in [0.25, 0.3) is 0 Å². The van der Waals surface area contributed by atoms with E-state index >= 15 is 0 Å². The molecule has 0 spiro atoms. The lowest BCUT2D eigenvalue weighted by Gasteiger charge is -2.56. The molecule has 20 heavy (non-hydrogen) atoms. The van der Waals surface area contributed by atoms with Crippen molar-refractivity contribution in [1.29, 1.82) is 0 Å². The summed E-state index contributed by atoms with van der Waals surface area (Å²) in [6.07, 6.45) is 4.86. The Hall–Kier alpha value is -1.32.